The molecule has 2 aromatic rings. The number of nitrogens with two attached hydrogens (primary N) is 1. The monoisotopic (exact) mass is 402 g/mol. The first-order valence-electron chi connectivity index (χ1n) is 8.92. The number of methoxy groups -OCH3 is 1. The summed E-state index contributed by atoms with van der Waals surface area (Å²) < 4.78 is 10.3. The zero-order chi connectivity index (χ0) is 20.3. The highest BCUT2D eigenvalue weighted by Crippen LogP contribution is 2.38. The Balaban J connectivity index is 1.59. The first-order valence-corrected chi connectivity index (χ1v) is 9.74. The van der Waals surface area contributed by atoms with Crippen molar-refractivity contribution in [3.05, 3.63) is 45.3 Å². The minimum Gasteiger partial charge on any atom is -0.496 e. The Labute approximate surface area is 166 Å². The predicted octanol–water partition coefficient (Wildman–Crippen LogP) is 2.38. The molecule has 0 aliphatic heterocycles. The summed E-state index contributed by atoms with van der Waals surface area (Å²) in [6.07, 6.45) is 2.64. The molecule has 0 spiro atoms. The summed E-state index contributed by atoms with van der Waals surface area (Å²) in [5.41, 5.74) is 8.46. The Bertz CT molecular complexity index is 935. The minimum absolute atomic E-state index is 0.00202. The van der Waals surface area contributed by atoms with Gasteiger partial charge in [-0.1, -0.05) is 17.7 Å². The van der Waals surface area contributed by atoms with Crippen LogP contribution in [0.5, 0.6) is 5.75 Å². The van der Waals surface area contributed by atoms with Crippen LogP contribution >= 0.6 is 11.3 Å². The average Bonchev–Trinajstić information content (AvgIpc) is 3.20. The van der Waals surface area contributed by atoms with Gasteiger partial charge in [0.1, 0.15) is 10.8 Å². The number of aryl methyl sites for hydroxylation is 2. The Hall–Kier alpha value is -2.87. The van der Waals surface area contributed by atoms with E-state index in [1.54, 1.807) is 6.07 Å². The van der Waals surface area contributed by atoms with Gasteiger partial charge in [0.15, 0.2) is 6.61 Å². The number of carbonyl (C=O) groups excluding carboxylic acids is 3. The number of amides is 2. The number of fused-ring (bicyclic) bond motifs is 1. The third-order valence-electron chi connectivity index (χ3n) is 4.56. The Morgan fingerprint density at radius 1 is 1.25 bits per heavy atom. The lowest BCUT2D eigenvalue weighted by Crippen LogP contribution is -2.23. The molecule has 1 heterocycles. The molecule has 0 saturated heterocycles. The molecule has 148 valence electrons. The smallest absolute Gasteiger partial charge is 0.310 e. The number of hydrogen-bond donors (Lipinski definition) is 2. The van der Waals surface area contributed by atoms with Gasteiger partial charge in [0.05, 0.1) is 19.1 Å². The number of thiophene rings is 1. The van der Waals surface area contributed by atoms with Crippen LogP contribution in [-0.2, 0) is 33.6 Å². The second kappa shape index (κ2) is 8.43. The molecular weight excluding hydrogens is 380 g/mol. The maximum Gasteiger partial charge on any atom is 0.310 e. The van der Waals surface area contributed by atoms with Crippen LogP contribution in [0.2, 0.25) is 0 Å². The van der Waals surface area contributed by atoms with Gasteiger partial charge in [-0.2, -0.15) is 0 Å². The molecule has 0 radical (unpaired) electrons. The number of ether oxygens (including phenoxy) is 2. The molecule has 0 bridgehead atoms. The van der Waals surface area contributed by atoms with Gasteiger partial charge in [0.2, 0.25) is 0 Å². The van der Waals surface area contributed by atoms with Crippen LogP contribution < -0.4 is 15.8 Å². The molecule has 28 heavy (non-hydrogen) atoms. The van der Waals surface area contributed by atoms with Crippen LogP contribution in [0, 0.1) is 6.92 Å². The fourth-order valence-corrected chi connectivity index (χ4v) is 4.62. The highest BCUT2D eigenvalue weighted by Gasteiger charge is 2.26. The molecule has 0 fully saturated rings. The summed E-state index contributed by atoms with van der Waals surface area (Å²) in [6.45, 7) is 1.48. The first kappa shape index (κ1) is 19.9. The van der Waals surface area contributed by atoms with Gasteiger partial charge in [0.25, 0.3) is 11.8 Å². The lowest BCUT2D eigenvalue weighted by atomic mass is 10.1. The van der Waals surface area contributed by atoms with Crippen LogP contribution in [0.3, 0.4) is 0 Å². The predicted molar refractivity (Wildman–Crippen MR) is 106 cm³/mol. The van der Waals surface area contributed by atoms with Crippen molar-refractivity contribution in [1.29, 1.82) is 0 Å². The summed E-state index contributed by atoms with van der Waals surface area (Å²) in [6, 6.07) is 5.51. The summed E-state index contributed by atoms with van der Waals surface area (Å²) >= 11 is 1.36. The van der Waals surface area contributed by atoms with Crippen molar-refractivity contribution in [2.24, 2.45) is 5.73 Å². The highest BCUT2D eigenvalue weighted by molar-refractivity contribution is 7.17. The van der Waals surface area contributed by atoms with E-state index in [1.807, 2.05) is 19.1 Å². The molecule has 0 saturated carbocycles. The van der Waals surface area contributed by atoms with Gasteiger partial charge >= 0.3 is 5.97 Å². The van der Waals surface area contributed by atoms with Crippen molar-refractivity contribution in [2.75, 3.05) is 19.0 Å². The van der Waals surface area contributed by atoms with Crippen molar-refractivity contribution in [3.63, 3.8) is 0 Å². The van der Waals surface area contributed by atoms with Crippen molar-refractivity contribution in [2.45, 2.75) is 32.6 Å². The van der Waals surface area contributed by atoms with E-state index in [4.69, 9.17) is 15.2 Å². The minimum atomic E-state index is -0.557. The normalized spacial score (nSPS) is 12.4. The molecule has 1 aliphatic rings. The number of rotatable bonds is 7. The summed E-state index contributed by atoms with van der Waals surface area (Å²) in [5, 5.41) is 3.08. The third-order valence-corrected chi connectivity index (χ3v) is 5.76. The second-order valence-corrected chi connectivity index (χ2v) is 7.73. The van der Waals surface area contributed by atoms with Crippen molar-refractivity contribution in [3.8, 4) is 5.75 Å². The standard InChI is InChI=1S/C20H22N2O5S/c1-11-6-7-14(26-2)12(8-11)9-17(24)27-10-16(23)22-20-18(19(21)25)13-4-3-5-15(13)28-20/h6-8H,3-5,9-10H2,1-2H3,(H2,21,25)(H,22,23). The molecule has 3 rings (SSSR count). The Morgan fingerprint density at radius 2 is 2.04 bits per heavy atom. The van der Waals surface area contributed by atoms with Gasteiger partial charge in [-0.3, -0.25) is 14.4 Å². The summed E-state index contributed by atoms with van der Waals surface area (Å²) in [4.78, 5) is 37.1. The van der Waals surface area contributed by atoms with Gasteiger partial charge in [-0.05, 0) is 37.8 Å². The zero-order valence-electron chi connectivity index (χ0n) is 15.8. The Kier molecular flexibility index (Phi) is 5.99. The molecule has 0 unspecified atom stereocenters. The van der Waals surface area contributed by atoms with Crippen LogP contribution in [-0.4, -0.2) is 31.5 Å². The van der Waals surface area contributed by atoms with E-state index < -0.39 is 24.4 Å². The van der Waals surface area contributed by atoms with E-state index in [1.165, 1.54) is 18.4 Å². The van der Waals surface area contributed by atoms with E-state index >= 15 is 0 Å². The molecule has 1 aromatic heterocycles. The largest absolute Gasteiger partial charge is 0.496 e. The van der Waals surface area contributed by atoms with Crippen molar-refractivity contribution >= 4 is 34.1 Å². The van der Waals surface area contributed by atoms with Crippen LogP contribution in [0.4, 0.5) is 5.00 Å². The van der Waals surface area contributed by atoms with E-state index in [0.717, 1.165) is 35.3 Å². The highest BCUT2D eigenvalue weighted by atomic mass is 32.1. The second-order valence-electron chi connectivity index (χ2n) is 6.63. The lowest BCUT2D eigenvalue weighted by Gasteiger charge is -2.10. The number of carbonyl (C=O) groups is 3. The first-order chi connectivity index (χ1) is 13.4. The maximum atomic E-state index is 12.2. The quantitative estimate of drug-likeness (QED) is 0.692. The van der Waals surface area contributed by atoms with Gasteiger partial charge < -0.3 is 20.5 Å². The maximum absolute atomic E-state index is 12.2. The molecule has 7 nitrogen and oxygen atoms in total. The average molecular weight is 402 g/mol. The fourth-order valence-electron chi connectivity index (χ4n) is 3.31. The summed E-state index contributed by atoms with van der Waals surface area (Å²) in [7, 11) is 1.53. The number of hydrogen-bond acceptors (Lipinski definition) is 6. The number of benzene rings is 1. The molecule has 1 aromatic carbocycles. The number of primary amides is 1. The van der Waals surface area contributed by atoms with Gasteiger partial charge in [-0.25, -0.2) is 0 Å². The van der Waals surface area contributed by atoms with E-state index in [9.17, 15) is 14.4 Å². The number of nitrogens with one attached hydrogen (secondary N) is 1. The molecule has 2 amide bonds. The number of esters is 1. The van der Waals surface area contributed by atoms with E-state index in [2.05, 4.69) is 5.32 Å². The zero-order valence-corrected chi connectivity index (χ0v) is 16.6. The van der Waals surface area contributed by atoms with Crippen molar-refractivity contribution < 1.29 is 23.9 Å². The van der Waals surface area contributed by atoms with Crippen molar-refractivity contribution in [1.82, 2.24) is 0 Å². The molecule has 8 heteroatoms. The van der Waals surface area contributed by atoms with Gasteiger partial charge in [-0.15, -0.1) is 11.3 Å². The van der Waals surface area contributed by atoms with E-state index in [0.29, 0.717) is 21.9 Å². The third kappa shape index (κ3) is 4.33. The number of anilines is 1. The van der Waals surface area contributed by atoms with Crippen LogP contribution in [0.15, 0.2) is 18.2 Å². The van der Waals surface area contributed by atoms with Crippen LogP contribution in [0.25, 0.3) is 0 Å². The van der Waals surface area contributed by atoms with E-state index in [-0.39, 0.29) is 6.42 Å². The topological polar surface area (TPSA) is 108 Å². The Morgan fingerprint density at radius 3 is 2.75 bits per heavy atom. The molecule has 0 atom stereocenters. The molecule has 3 N–H and O–H groups in total. The summed E-state index contributed by atoms with van der Waals surface area (Å²) in [5.74, 6) is -1.01. The molecule has 1 aliphatic carbocycles. The van der Waals surface area contributed by atoms with Crippen LogP contribution in [0.1, 0.15) is 38.3 Å². The van der Waals surface area contributed by atoms with Gasteiger partial charge in [0, 0.05) is 10.4 Å². The lowest BCUT2D eigenvalue weighted by molar-refractivity contribution is -0.146. The molecular formula is C20H22N2O5S. The fraction of sp³-hybridized carbons (Fsp3) is 0.350. The SMILES string of the molecule is COc1ccc(C)cc1CC(=O)OCC(=O)Nc1sc2c(c1C(N)=O)CCC2.